The molecule has 44 heavy (non-hydrogen) atoms. The third kappa shape index (κ3) is 5.90. The number of fused-ring (bicyclic) bond motifs is 1. The Bertz CT molecular complexity index is 1680. The van der Waals surface area contributed by atoms with E-state index in [1.165, 1.54) is 34.9 Å². The van der Waals surface area contributed by atoms with Crippen LogP contribution in [0.4, 0.5) is 5.69 Å². The second-order valence-electron chi connectivity index (χ2n) is 11.7. The first kappa shape index (κ1) is 30.8. The third-order valence-corrected chi connectivity index (χ3v) is 12.6. The van der Waals surface area contributed by atoms with Gasteiger partial charge in [0, 0.05) is 68.5 Å². The number of hydrogen-bond acceptors (Lipinski definition) is 8. The van der Waals surface area contributed by atoms with E-state index in [0.717, 1.165) is 54.2 Å². The molecule has 2 aliphatic rings. The highest BCUT2D eigenvalue weighted by Gasteiger charge is 2.29. The van der Waals surface area contributed by atoms with E-state index in [4.69, 9.17) is 9.47 Å². The molecule has 6 rings (SSSR count). The van der Waals surface area contributed by atoms with E-state index in [-0.39, 0.29) is 11.9 Å². The third-order valence-electron chi connectivity index (χ3n) is 9.32. The number of sulfonamides is 1. The summed E-state index contributed by atoms with van der Waals surface area (Å²) in [5.41, 5.74) is 2.08. The molecule has 1 saturated carbocycles. The molecule has 1 aliphatic carbocycles. The minimum Gasteiger partial charge on any atom is -0.494 e. The normalized spacial score (nSPS) is 17.2. The van der Waals surface area contributed by atoms with Crippen molar-refractivity contribution in [1.82, 2.24) is 13.8 Å². The molecular weight excluding hydrogens is 597 g/mol. The molecule has 0 bridgehead atoms. The zero-order chi connectivity index (χ0) is 30.8. The number of nitrogens with zero attached hydrogens (tertiary/aromatic N) is 4. The maximum atomic E-state index is 13.1. The van der Waals surface area contributed by atoms with Crippen LogP contribution in [-0.4, -0.2) is 87.3 Å². The highest BCUT2D eigenvalue weighted by Crippen LogP contribution is 2.41. The Morgan fingerprint density at radius 3 is 2.43 bits per heavy atom. The summed E-state index contributed by atoms with van der Waals surface area (Å²) in [6.07, 6.45) is 7.23. The van der Waals surface area contributed by atoms with Crippen molar-refractivity contribution in [3.8, 4) is 17.4 Å². The number of hydrogen-bond donors (Lipinski definition) is 1. The first-order valence-corrected chi connectivity index (χ1v) is 17.7. The zero-order valence-electron chi connectivity index (χ0n) is 25.7. The van der Waals surface area contributed by atoms with Crippen molar-refractivity contribution in [3.05, 3.63) is 65.7 Å². The molecule has 2 aromatic heterocycles. The molecule has 3 heterocycles. The molecule has 0 radical (unpaired) electrons. The maximum absolute atomic E-state index is 13.1. The Morgan fingerprint density at radius 2 is 1.77 bits per heavy atom. The lowest BCUT2D eigenvalue weighted by atomic mass is 9.91. The van der Waals surface area contributed by atoms with Crippen LogP contribution in [0.15, 0.2) is 64.3 Å². The van der Waals surface area contributed by atoms with Crippen molar-refractivity contribution in [3.63, 3.8) is 0 Å². The van der Waals surface area contributed by atoms with Crippen molar-refractivity contribution < 1.29 is 23.0 Å². The largest absolute Gasteiger partial charge is 0.494 e. The van der Waals surface area contributed by atoms with Crippen molar-refractivity contribution in [1.29, 1.82) is 0 Å². The second kappa shape index (κ2) is 13.0. The highest BCUT2D eigenvalue weighted by atomic mass is 32.2. The van der Waals surface area contributed by atoms with Crippen LogP contribution >= 0.6 is 11.3 Å². The van der Waals surface area contributed by atoms with Gasteiger partial charge in [0.2, 0.25) is 0 Å². The van der Waals surface area contributed by atoms with Crippen LogP contribution in [0, 0.1) is 0 Å². The van der Waals surface area contributed by atoms with Crippen molar-refractivity contribution in [2.75, 3.05) is 58.9 Å². The molecule has 1 aliphatic heterocycles. The number of methoxy groups -OCH3 is 2. The van der Waals surface area contributed by atoms with Crippen molar-refractivity contribution in [2.45, 2.75) is 48.4 Å². The topological polar surface area (TPSA) is 87.5 Å². The quantitative estimate of drug-likeness (QED) is 0.210. The number of aromatic hydroxyl groups is 1. The van der Waals surface area contributed by atoms with Gasteiger partial charge in [-0.15, -0.1) is 11.3 Å². The van der Waals surface area contributed by atoms with E-state index < -0.39 is 10.0 Å². The highest BCUT2D eigenvalue weighted by molar-refractivity contribution is 7.91. The van der Waals surface area contributed by atoms with Gasteiger partial charge in [-0.1, -0.05) is 24.6 Å². The molecule has 2 aromatic carbocycles. The molecule has 236 valence electrons. The number of ether oxygens (including phenoxy) is 2. The number of benzene rings is 2. The fourth-order valence-corrected chi connectivity index (χ4v) is 8.94. The average molecular weight is 639 g/mol. The van der Waals surface area contributed by atoms with E-state index in [1.807, 2.05) is 34.9 Å². The predicted octanol–water partition coefficient (Wildman–Crippen LogP) is 5.79. The van der Waals surface area contributed by atoms with Gasteiger partial charge in [0.15, 0.2) is 17.4 Å². The Balaban J connectivity index is 1.30. The molecule has 9 nitrogen and oxygen atoms in total. The van der Waals surface area contributed by atoms with Gasteiger partial charge < -0.3 is 24.0 Å². The first-order valence-electron chi connectivity index (χ1n) is 15.3. The number of piperazine rings is 1. The SMILES string of the molecule is COc1ccc([C@@H](CCCN(C)S(=O)(=O)c2cccs2)n2cc3c(N4CCN(C5CCC5)CC4)cccc3c2O)cc1OC. The molecule has 1 atom stereocenters. The lowest BCUT2D eigenvalue weighted by molar-refractivity contribution is 0.120. The van der Waals surface area contributed by atoms with Crippen LogP contribution in [-0.2, 0) is 10.0 Å². The molecule has 4 aromatic rings. The van der Waals surface area contributed by atoms with E-state index in [2.05, 4.69) is 22.1 Å². The fourth-order valence-electron chi connectivity index (χ4n) is 6.53. The van der Waals surface area contributed by atoms with Gasteiger partial charge in [0.1, 0.15) is 4.21 Å². The van der Waals surface area contributed by atoms with Crippen LogP contribution in [0.2, 0.25) is 0 Å². The van der Waals surface area contributed by atoms with Crippen LogP contribution in [0.3, 0.4) is 0 Å². The van der Waals surface area contributed by atoms with Crippen LogP contribution in [0.5, 0.6) is 17.4 Å². The van der Waals surface area contributed by atoms with Gasteiger partial charge in [0.05, 0.1) is 20.3 Å². The standard InChI is InChI=1S/C33H42N4O5S2/c1-34(44(39,40)32-13-7-21-43-32)16-6-12-28(24-14-15-30(41-2)31(22-24)42-3)37-23-27-26(33(37)38)10-5-11-29(27)36-19-17-35(18-20-36)25-8-4-9-25/h5,7,10-11,13-15,21-23,25,28,38H,4,6,8-9,12,16-20H2,1-3H3/t28-/m1/s1. The average Bonchev–Trinajstić information content (AvgIpc) is 3.68. The van der Waals surface area contributed by atoms with Gasteiger partial charge in [0.25, 0.3) is 10.0 Å². The van der Waals surface area contributed by atoms with E-state index >= 15 is 0 Å². The summed E-state index contributed by atoms with van der Waals surface area (Å²) >= 11 is 1.22. The predicted molar refractivity (Wildman–Crippen MR) is 176 cm³/mol. The van der Waals surface area contributed by atoms with E-state index in [1.54, 1.807) is 38.8 Å². The van der Waals surface area contributed by atoms with Crippen molar-refractivity contribution >= 4 is 37.8 Å². The Labute approximate surface area is 264 Å². The molecule has 2 fully saturated rings. The van der Waals surface area contributed by atoms with Crippen LogP contribution in [0.1, 0.15) is 43.7 Å². The minimum atomic E-state index is -3.55. The number of rotatable bonds is 12. The zero-order valence-corrected chi connectivity index (χ0v) is 27.3. The van der Waals surface area contributed by atoms with Gasteiger partial charge >= 0.3 is 0 Å². The lowest BCUT2D eigenvalue weighted by Gasteiger charge is -2.43. The summed E-state index contributed by atoms with van der Waals surface area (Å²) in [7, 11) is 1.30. The summed E-state index contributed by atoms with van der Waals surface area (Å²) in [6, 6.07) is 15.8. The molecule has 0 unspecified atom stereocenters. The van der Waals surface area contributed by atoms with Crippen LogP contribution in [0.25, 0.3) is 10.8 Å². The molecule has 0 spiro atoms. The fraction of sp³-hybridized carbons (Fsp3) is 0.455. The summed E-state index contributed by atoms with van der Waals surface area (Å²) in [4.78, 5) is 5.07. The number of aromatic nitrogens is 1. The van der Waals surface area contributed by atoms with Gasteiger partial charge in [-0.2, -0.15) is 0 Å². The summed E-state index contributed by atoms with van der Waals surface area (Å²) in [6.45, 7) is 4.40. The summed E-state index contributed by atoms with van der Waals surface area (Å²) in [5, 5.41) is 15.3. The number of anilines is 1. The van der Waals surface area contributed by atoms with Gasteiger partial charge in [-0.3, -0.25) is 4.90 Å². The molecule has 0 amide bonds. The number of thiophene rings is 1. The summed E-state index contributed by atoms with van der Waals surface area (Å²) in [5.74, 6) is 1.44. The second-order valence-corrected chi connectivity index (χ2v) is 15.0. The van der Waals surface area contributed by atoms with Crippen LogP contribution < -0.4 is 14.4 Å². The lowest BCUT2D eigenvalue weighted by Crippen LogP contribution is -2.52. The Kier molecular flexibility index (Phi) is 9.09. The first-order chi connectivity index (χ1) is 21.3. The van der Waals surface area contributed by atoms with Gasteiger partial charge in [-0.05, 0) is 67.0 Å². The van der Waals surface area contributed by atoms with Gasteiger partial charge in [-0.25, -0.2) is 12.7 Å². The van der Waals surface area contributed by atoms with E-state index in [9.17, 15) is 13.5 Å². The summed E-state index contributed by atoms with van der Waals surface area (Å²) < 4.78 is 40.9. The molecule has 1 saturated heterocycles. The Morgan fingerprint density at radius 1 is 1.00 bits per heavy atom. The Hall–Kier alpha value is -3.25. The molecular formula is C33H42N4O5S2. The van der Waals surface area contributed by atoms with E-state index in [0.29, 0.717) is 35.1 Å². The molecule has 1 N–H and O–H groups in total. The monoisotopic (exact) mass is 638 g/mol. The smallest absolute Gasteiger partial charge is 0.252 e. The molecule has 11 heteroatoms. The minimum absolute atomic E-state index is 0.203. The van der Waals surface area contributed by atoms with Crippen molar-refractivity contribution in [2.24, 2.45) is 0 Å². The maximum Gasteiger partial charge on any atom is 0.252 e.